The van der Waals surface area contributed by atoms with E-state index in [0.29, 0.717) is 23.5 Å². The number of hydrogen-bond donors (Lipinski definition) is 0. The fourth-order valence-electron chi connectivity index (χ4n) is 2.82. The fourth-order valence-corrected chi connectivity index (χ4v) is 2.82. The lowest BCUT2D eigenvalue weighted by molar-refractivity contribution is 0.00695. The van der Waals surface area contributed by atoms with Crippen LogP contribution in [0.5, 0.6) is 5.75 Å². The van der Waals surface area contributed by atoms with Gasteiger partial charge in [-0.05, 0) is 67.8 Å². The van der Waals surface area contributed by atoms with Gasteiger partial charge in [0.1, 0.15) is 18.0 Å². The van der Waals surface area contributed by atoms with Crippen LogP contribution < -0.4 is 4.74 Å². The Bertz CT molecular complexity index is 1030. The Morgan fingerprint density at radius 1 is 0.966 bits per heavy atom. The van der Waals surface area contributed by atoms with E-state index in [1.807, 2.05) is 75.4 Å². The molecule has 3 aromatic rings. The third kappa shape index (κ3) is 5.46. The first-order chi connectivity index (χ1) is 13.9. The summed E-state index contributed by atoms with van der Waals surface area (Å²) in [4.78, 5) is 12.2. The minimum atomic E-state index is -0.542. The van der Waals surface area contributed by atoms with Gasteiger partial charge in [-0.1, -0.05) is 42.5 Å². The Balaban J connectivity index is 1.76. The Kier molecular flexibility index (Phi) is 5.99. The number of ether oxygens (including phenoxy) is 2. The summed E-state index contributed by atoms with van der Waals surface area (Å²) in [5.74, 6) is 0.272. The molecule has 146 valence electrons. The Morgan fingerprint density at radius 2 is 1.66 bits per heavy atom. The van der Waals surface area contributed by atoms with Crippen LogP contribution in [0, 0.1) is 11.3 Å². The van der Waals surface area contributed by atoms with Gasteiger partial charge >= 0.3 is 5.97 Å². The summed E-state index contributed by atoms with van der Waals surface area (Å²) in [6.45, 7) is 5.94. The van der Waals surface area contributed by atoms with Crippen LogP contribution in [-0.4, -0.2) is 11.6 Å². The highest BCUT2D eigenvalue weighted by molar-refractivity contribution is 5.90. The minimum absolute atomic E-state index is 0.366. The number of carbonyl (C=O) groups is 1. The standard InChI is InChI=1S/C25H23NO3/c1-25(2,3)29-24(27)20-11-9-19(10-12-20)23-14-13-22(15-21(23)16-26)28-17-18-7-5-4-6-8-18/h4-15H,17H2,1-3H3. The van der Waals surface area contributed by atoms with E-state index < -0.39 is 5.60 Å². The van der Waals surface area contributed by atoms with Crippen LogP contribution in [0.1, 0.15) is 42.3 Å². The molecule has 0 N–H and O–H groups in total. The molecule has 0 saturated heterocycles. The van der Waals surface area contributed by atoms with Crippen LogP contribution in [0.25, 0.3) is 11.1 Å². The lowest BCUT2D eigenvalue weighted by atomic mass is 9.99. The molecule has 0 unspecified atom stereocenters. The second-order valence-electron chi connectivity index (χ2n) is 7.67. The molecule has 3 rings (SSSR count). The zero-order valence-electron chi connectivity index (χ0n) is 16.8. The first-order valence-corrected chi connectivity index (χ1v) is 9.40. The summed E-state index contributed by atoms with van der Waals surface area (Å²) < 4.78 is 11.2. The van der Waals surface area contributed by atoms with Crippen molar-refractivity contribution in [2.24, 2.45) is 0 Å². The van der Waals surface area contributed by atoms with E-state index in [9.17, 15) is 10.1 Å². The van der Waals surface area contributed by atoms with Crippen molar-refractivity contribution in [2.45, 2.75) is 33.0 Å². The third-order valence-corrected chi connectivity index (χ3v) is 4.19. The number of rotatable bonds is 5. The van der Waals surface area contributed by atoms with Crippen molar-refractivity contribution in [1.29, 1.82) is 5.26 Å². The number of nitriles is 1. The molecule has 0 fully saturated rings. The van der Waals surface area contributed by atoms with Gasteiger partial charge in [0.15, 0.2) is 0 Å². The minimum Gasteiger partial charge on any atom is -0.489 e. The maximum atomic E-state index is 12.2. The lowest BCUT2D eigenvalue weighted by Crippen LogP contribution is -2.23. The maximum Gasteiger partial charge on any atom is 0.338 e. The molecular weight excluding hydrogens is 362 g/mol. The van der Waals surface area contributed by atoms with E-state index in [1.54, 1.807) is 18.2 Å². The highest BCUT2D eigenvalue weighted by Crippen LogP contribution is 2.28. The molecule has 0 aromatic heterocycles. The maximum absolute atomic E-state index is 12.2. The SMILES string of the molecule is CC(C)(C)OC(=O)c1ccc(-c2ccc(OCc3ccccc3)cc2C#N)cc1. The molecule has 4 nitrogen and oxygen atoms in total. The van der Waals surface area contributed by atoms with Crippen molar-refractivity contribution in [3.63, 3.8) is 0 Å². The van der Waals surface area contributed by atoms with Crippen molar-refractivity contribution in [1.82, 2.24) is 0 Å². The number of esters is 1. The highest BCUT2D eigenvalue weighted by atomic mass is 16.6. The molecular formula is C25H23NO3. The van der Waals surface area contributed by atoms with E-state index in [0.717, 1.165) is 16.7 Å². The van der Waals surface area contributed by atoms with Crippen molar-refractivity contribution in [2.75, 3.05) is 0 Å². The average Bonchev–Trinajstić information content (AvgIpc) is 2.71. The first-order valence-electron chi connectivity index (χ1n) is 9.40. The third-order valence-electron chi connectivity index (χ3n) is 4.19. The molecule has 0 spiro atoms. The van der Waals surface area contributed by atoms with Gasteiger partial charge in [0.05, 0.1) is 17.2 Å². The molecule has 29 heavy (non-hydrogen) atoms. The normalized spacial score (nSPS) is 10.8. The fraction of sp³-hybridized carbons (Fsp3) is 0.200. The number of benzene rings is 3. The van der Waals surface area contributed by atoms with Crippen LogP contribution in [0.2, 0.25) is 0 Å². The van der Waals surface area contributed by atoms with Gasteiger partial charge < -0.3 is 9.47 Å². The van der Waals surface area contributed by atoms with E-state index >= 15 is 0 Å². The van der Waals surface area contributed by atoms with Gasteiger partial charge in [-0.25, -0.2) is 4.79 Å². The second-order valence-corrected chi connectivity index (χ2v) is 7.67. The van der Waals surface area contributed by atoms with Crippen LogP contribution in [-0.2, 0) is 11.3 Å². The first kappa shape index (κ1) is 20.2. The molecule has 0 radical (unpaired) electrons. The zero-order chi connectivity index (χ0) is 20.9. The average molecular weight is 385 g/mol. The molecule has 0 heterocycles. The topological polar surface area (TPSA) is 59.3 Å². The van der Waals surface area contributed by atoms with Gasteiger partial charge in [0.25, 0.3) is 0 Å². The smallest absolute Gasteiger partial charge is 0.338 e. The van der Waals surface area contributed by atoms with Gasteiger partial charge in [-0.15, -0.1) is 0 Å². The summed E-state index contributed by atoms with van der Waals surface area (Å²) in [7, 11) is 0. The predicted octanol–water partition coefficient (Wildman–Crippen LogP) is 5.76. The summed E-state index contributed by atoms with van der Waals surface area (Å²) in [6, 6.07) is 24.6. The molecule has 0 bridgehead atoms. The molecule has 0 saturated carbocycles. The quantitative estimate of drug-likeness (QED) is 0.524. The number of hydrogen-bond acceptors (Lipinski definition) is 4. The number of nitrogens with zero attached hydrogens (tertiary/aromatic N) is 1. The molecule has 0 aliphatic rings. The summed E-state index contributed by atoms with van der Waals surface area (Å²) in [5.41, 5.74) is 3.15. The van der Waals surface area contributed by atoms with Crippen LogP contribution >= 0.6 is 0 Å². The zero-order valence-corrected chi connectivity index (χ0v) is 16.8. The summed E-state index contributed by atoms with van der Waals surface area (Å²) in [6.07, 6.45) is 0. The van der Waals surface area contributed by atoms with Gasteiger partial charge in [0, 0.05) is 0 Å². The largest absolute Gasteiger partial charge is 0.489 e. The van der Waals surface area contributed by atoms with Crippen molar-refractivity contribution >= 4 is 5.97 Å². The Labute approximate surface area is 171 Å². The molecule has 0 aliphatic carbocycles. The highest BCUT2D eigenvalue weighted by Gasteiger charge is 2.18. The van der Waals surface area contributed by atoms with Crippen molar-refractivity contribution < 1.29 is 14.3 Å². The van der Waals surface area contributed by atoms with E-state index in [4.69, 9.17) is 9.47 Å². The summed E-state index contributed by atoms with van der Waals surface area (Å²) >= 11 is 0. The van der Waals surface area contributed by atoms with Crippen molar-refractivity contribution in [3.8, 4) is 22.9 Å². The van der Waals surface area contributed by atoms with Crippen LogP contribution in [0.3, 0.4) is 0 Å². The molecule has 4 heteroatoms. The van der Waals surface area contributed by atoms with E-state index in [1.165, 1.54) is 0 Å². The van der Waals surface area contributed by atoms with Crippen LogP contribution in [0.15, 0.2) is 72.8 Å². The second kappa shape index (κ2) is 8.62. The van der Waals surface area contributed by atoms with Crippen molar-refractivity contribution in [3.05, 3.63) is 89.5 Å². The lowest BCUT2D eigenvalue weighted by Gasteiger charge is -2.19. The molecule has 0 aliphatic heterocycles. The van der Waals surface area contributed by atoms with Gasteiger partial charge in [-0.3, -0.25) is 0 Å². The molecule has 0 atom stereocenters. The van der Waals surface area contributed by atoms with Gasteiger partial charge in [-0.2, -0.15) is 5.26 Å². The van der Waals surface area contributed by atoms with Gasteiger partial charge in [0.2, 0.25) is 0 Å². The molecule has 0 amide bonds. The number of carbonyl (C=O) groups excluding carboxylic acids is 1. The molecule has 3 aromatic carbocycles. The summed E-state index contributed by atoms with van der Waals surface area (Å²) in [5, 5.41) is 9.58. The van der Waals surface area contributed by atoms with Crippen LogP contribution in [0.4, 0.5) is 0 Å². The van der Waals surface area contributed by atoms with E-state index in [-0.39, 0.29) is 5.97 Å². The monoisotopic (exact) mass is 385 g/mol. The van der Waals surface area contributed by atoms with E-state index in [2.05, 4.69) is 6.07 Å². The Morgan fingerprint density at radius 3 is 2.28 bits per heavy atom. The predicted molar refractivity (Wildman–Crippen MR) is 113 cm³/mol. The Hall–Kier alpha value is -3.58.